The van der Waals surface area contributed by atoms with Crippen molar-refractivity contribution in [3.05, 3.63) is 199 Å². The molecule has 1 aliphatic carbocycles. The van der Waals surface area contributed by atoms with Gasteiger partial charge < -0.3 is 0 Å². The monoisotopic (exact) mass is 727 g/mol. The van der Waals surface area contributed by atoms with Gasteiger partial charge in [-0.25, -0.2) is 15.0 Å². The maximum atomic E-state index is 5.20. The number of hydrogen-bond donors (Lipinski definition) is 0. The van der Waals surface area contributed by atoms with Gasteiger partial charge in [0.25, 0.3) is 0 Å². The lowest BCUT2D eigenvalue weighted by Crippen LogP contribution is -2.15. The van der Waals surface area contributed by atoms with Gasteiger partial charge in [-0.3, -0.25) is 0 Å². The highest BCUT2D eigenvalue weighted by molar-refractivity contribution is 6.25. The van der Waals surface area contributed by atoms with Gasteiger partial charge in [-0.15, -0.1) is 0 Å². The van der Waals surface area contributed by atoms with Gasteiger partial charge in [0.1, 0.15) is 0 Å². The summed E-state index contributed by atoms with van der Waals surface area (Å²) in [5.74, 6) is 1.94. The average molecular weight is 728 g/mol. The Labute approximate surface area is 332 Å². The molecule has 0 aliphatic heterocycles. The van der Waals surface area contributed by atoms with E-state index in [9.17, 15) is 0 Å². The standard InChI is InChI=1S/C54H37N3/c1-54(2)49-29-26-37(34-14-5-3-6-15-34)31-48(49)46-28-24-38(33-50(46)54)36-18-13-19-39(30-36)52-55-51(35-16-7-4-8-17-35)56-53(57-52)40-25-27-45-43-22-10-9-20-41(43)42-21-11-12-23-44(42)47(45)32-40/h3-33H,1-2H3. The van der Waals surface area contributed by atoms with Crippen molar-refractivity contribution in [3.63, 3.8) is 0 Å². The summed E-state index contributed by atoms with van der Waals surface area (Å²) in [6, 6.07) is 67.3. The number of hydrogen-bond acceptors (Lipinski definition) is 3. The first-order valence-corrected chi connectivity index (χ1v) is 19.6. The smallest absolute Gasteiger partial charge is 0.164 e. The lowest BCUT2D eigenvalue weighted by Gasteiger charge is -2.22. The lowest BCUT2D eigenvalue weighted by atomic mass is 9.81. The SMILES string of the molecule is CC1(C)c2ccc(-c3ccccc3)cc2-c2ccc(-c3cccc(-c4nc(-c5ccccc5)nc(-c5ccc6c7ccccc7c7ccccc7c6c5)n4)c3)cc21. The van der Waals surface area contributed by atoms with Crippen molar-refractivity contribution in [1.82, 2.24) is 15.0 Å². The molecule has 0 N–H and O–H groups in total. The molecule has 0 spiro atoms. The van der Waals surface area contributed by atoms with Crippen LogP contribution in [0.1, 0.15) is 25.0 Å². The van der Waals surface area contributed by atoms with E-state index in [4.69, 9.17) is 15.0 Å². The van der Waals surface area contributed by atoms with Crippen LogP contribution in [0.3, 0.4) is 0 Å². The molecular formula is C54H37N3. The molecular weight excluding hydrogens is 691 g/mol. The second kappa shape index (κ2) is 12.9. The maximum absolute atomic E-state index is 5.20. The van der Waals surface area contributed by atoms with Crippen LogP contribution in [0.25, 0.3) is 99.9 Å². The van der Waals surface area contributed by atoms with E-state index < -0.39 is 0 Å². The van der Waals surface area contributed by atoms with Crippen molar-refractivity contribution >= 4 is 32.3 Å². The molecule has 1 aliphatic rings. The summed E-state index contributed by atoms with van der Waals surface area (Å²) in [5.41, 5.74) is 12.8. The predicted octanol–water partition coefficient (Wildman–Crippen LogP) is 14.0. The number of fused-ring (bicyclic) bond motifs is 9. The molecule has 268 valence electrons. The Morgan fingerprint density at radius 3 is 1.40 bits per heavy atom. The summed E-state index contributed by atoms with van der Waals surface area (Å²) in [5, 5.41) is 7.37. The van der Waals surface area contributed by atoms with Crippen LogP contribution in [0.5, 0.6) is 0 Å². The normalized spacial score (nSPS) is 12.9. The first-order valence-electron chi connectivity index (χ1n) is 19.6. The topological polar surface area (TPSA) is 38.7 Å². The molecule has 0 saturated heterocycles. The molecule has 3 heteroatoms. The quantitative estimate of drug-likeness (QED) is 0.166. The van der Waals surface area contributed by atoms with Crippen LogP contribution in [0, 0.1) is 0 Å². The molecule has 9 aromatic carbocycles. The van der Waals surface area contributed by atoms with Crippen molar-refractivity contribution in [2.24, 2.45) is 0 Å². The summed E-state index contributed by atoms with van der Waals surface area (Å²) in [7, 11) is 0. The summed E-state index contributed by atoms with van der Waals surface area (Å²) >= 11 is 0. The van der Waals surface area contributed by atoms with E-state index in [1.54, 1.807) is 0 Å². The Morgan fingerprint density at radius 1 is 0.281 bits per heavy atom. The summed E-state index contributed by atoms with van der Waals surface area (Å²) < 4.78 is 0. The third-order valence-corrected chi connectivity index (χ3v) is 11.9. The fourth-order valence-electron chi connectivity index (χ4n) is 8.98. The highest BCUT2D eigenvalue weighted by Gasteiger charge is 2.35. The Kier molecular flexibility index (Phi) is 7.52. The molecule has 0 fully saturated rings. The zero-order valence-corrected chi connectivity index (χ0v) is 31.7. The molecule has 1 aromatic heterocycles. The second-order valence-corrected chi connectivity index (χ2v) is 15.6. The zero-order valence-electron chi connectivity index (χ0n) is 31.7. The van der Waals surface area contributed by atoms with Gasteiger partial charge in [-0.2, -0.15) is 0 Å². The fourth-order valence-corrected chi connectivity index (χ4v) is 8.98. The van der Waals surface area contributed by atoms with E-state index in [1.165, 1.54) is 71.3 Å². The Morgan fingerprint density at radius 2 is 0.737 bits per heavy atom. The summed E-state index contributed by atoms with van der Waals surface area (Å²) in [6.07, 6.45) is 0. The highest BCUT2D eigenvalue weighted by atomic mass is 15.0. The minimum atomic E-state index is -0.126. The van der Waals surface area contributed by atoms with Crippen molar-refractivity contribution < 1.29 is 0 Å². The fraction of sp³-hybridized carbons (Fsp3) is 0.0556. The molecule has 0 amide bonds. The van der Waals surface area contributed by atoms with E-state index in [-0.39, 0.29) is 5.41 Å². The molecule has 10 aromatic rings. The minimum absolute atomic E-state index is 0.126. The third kappa shape index (κ3) is 5.46. The highest BCUT2D eigenvalue weighted by Crippen LogP contribution is 2.50. The number of rotatable bonds is 5. The molecule has 0 bridgehead atoms. The molecule has 0 radical (unpaired) electrons. The second-order valence-electron chi connectivity index (χ2n) is 15.6. The number of aromatic nitrogens is 3. The predicted molar refractivity (Wildman–Crippen MR) is 237 cm³/mol. The van der Waals surface area contributed by atoms with E-state index >= 15 is 0 Å². The Bertz CT molecular complexity index is 3170. The van der Waals surface area contributed by atoms with Crippen molar-refractivity contribution in [2.45, 2.75) is 19.3 Å². The van der Waals surface area contributed by atoms with Crippen LogP contribution in [0.2, 0.25) is 0 Å². The van der Waals surface area contributed by atoms with Crippen LogP contribution < -0.4 is 0 Å². The van der Waals surface area contributed by atoms with Crippen LogP contribution in [-0.2, 0) is 5.41 Å². The van der Waals surface area contributed by atoms with Crippen molar-refractivity contribution in [3.8, 4) is 67.5 Å². The van der Waals surface area contributed by atoms with Crippen LogP contribution in [-0.4, -0.2) is 15.0 Å². The average Bonchev–Trinajstić information content (AvgIpc) is 3.51. The maximum Gasteiger partial charge on any atom is 0.164 e. The van der Waals surface area contributed by atoms with Crippen molar-refractivity contribution in [1.29, 1.82) is 0 Å². The van der Waals surface area contributed by atoms with Gasteiger partial charge in [0.15, 0.2) is 17.5 Å². The number of benzene rings is 9. The molecule has 1 heterocycles. The van der Waals surface area contributed by atoms with Crippen LogP contribution >= 0.6 is 0 Å². The molecule has 0 unspecified atom stereocenters. The molecule has 3 nitrogen and oxygen atoms in total. The minimum Gasteiger partial charge on any atom is -0.208 e. The number of nitrogens with zero attached hydrogens (tertiary/aromatic N) is 3. The van der Waals surface area contributed by atoms with Crippen LogP contribution in [0.15, 0.2) is 188 Å². The van der Waals surface area contributed by atoms with Crippen molar-refractivity contribution in [2.75, 3.05) is 0 Å². The zero-order chi connectivity index (χ0) is 38.1. The Balaban J connectivity index is 1.03. The first-order chi connectivity index (χ1) is 28.0. The van der Waals surface area contributed by atoms with Gasteiger partial charge in [-0.05, 0) is 101 Å². The Hall–Kier alpha value is -7.23. The van der Waals surface area contributed by atoms with Gasteiger partial charge in [0, 0.05) is 22.1 Å². The molecule has 0 atom stereocenters. The lowest BCUT2D eigenvalue weighted by molar-refractivity contribution is 0.660. The molecule has 57 heavy (non-hydrogen) atoms. The van der Waals surface area contributed by atoms with E-state index in [0.717, 1.165) is 22.3 Å². The third-order valence-electron chi connectivity index (χ3n) is 11.9. The summed E-state index contributed by atoms with van der Waals surface area (Å²) in [6.45, 7) is 4.69. The van der Waals surface area contributed by atoms with E-state index in [1.807, 2.05) is 18.2 Å². The van der Waals surface area contributed by atoms with Gasteiger partial charge in [-0.1, -0.05) is 178 Å². The first kappa shape index (κ1) is 33.1. The summed E-state index contributed by atoms with van der Waals surface area (Å²) in [4.78, 5) is 15.4. The largest absolute Gasteiger partial charge is 0.208 e. The molecule has 11 rings (SSSR count). The van der Waals surface area contributed by atoms with Gasteiger partial charge in [0.05, 0.1) is 0 Å². The van der Waals surface area contributed by atoms with Gasteiger partial charge >= 0.3 is 0 Å². The van der Waals surface area contributed by atoms with Crippen LogP contribution in [0.4, 0.5) is 0 Å². The van der Waals surface area contributed by atoms with Gasteiger partial charge in [0.2, 0.25) is 0 Å². The van der Waals surface area contributed by atoms with E-state index in [2.05, 4.69) is 184 Å². The molecule has 0 saturated carbocycles. The van der Waals surface area contributed by atoms with E-state index in [0.29, 0.717) is 17.5 Å².